The quantitative estimate of drug-likeness (QED) is 0.345. The number of hydrogen-bond donors (Lipinski definition) is 5. The number of carbonyl (C=O) groups excluding carboxylic acids is 5. The second kappa shape index (κ2) is 17.2. The van der Waals surface area contributed by atoms with Gasteiger partial charge in [0.2, 0.25) is 23.6 Å². The average Bonchev–Trinajstić information content (AvgIpc) is 2.89. The summed E-state index contributed by atoms with van der Waals surface area (Å²) in [5.74, 6) is -1.39. The van der Waals surface area contributed by atoms with Gasteiger partial charge in [-0.2, -0.15) is 0 Å². The van der Waals surface area contributed by atoms with Crippen molar-refractivity contribution in [2.24, 2.45) is 5.92 Å². The molecule has 2 bridgehead atoms. The summed E-state index contributed by atoms with van der Waals surface area (Å²) < 4.78 is 5.59. The number of hydrogen-bond acceptors (Lipinski definition) is 7. The minimum atomic E-state index is -1.20. The van der Waals surface area contributed by atoms with Crippen LogP contribution < -0.4 is 26.0 Å². The highest BCUT2D eigenvalue weighted by Crippen LogP contribution is 2.14. The number of nitrogens with one attached hydrogen (secondary N) is 4. The Labute approximate surface area is 241 Å². The summed E-state index contributed by atoms with van der Waals surface area (Å²) in [5.41, 5.74) is 0.629. The van der Waals surface area contributed by atoms with Gasteiger partial charge in [0.05, 0.1) is 12.5 Å². The molecule has 0 saturated heterocycles. The number of nitrogens with zero attached hydrogens (tertiary/aromatic N) is 1. The Morgan fingerprint density at radius 3 is 2.37 bits per heavy atom. The molecule has 5 N–H and O–H groups in total. The van der Waals surface area contributed by atoms with E-state index in [1.807, 2.05) is 13.8 Å². The van der Waals surface area contributed by atoms with E-state index in [-0.39, 0.29) is 30.8 Å². The zero-order chi connectivity index (χ0) is 30.4. The van der Waals surface area contributed by atoms with Crippen LogP contribution >= 0.6 is 0 Å². The van der Waals surface area contributed by atoms with Gasteiger partial charge in [-0.15, -0.1) is 0 Å². The number of aliphatic hydroxyl groups excluding tert-OH is 1. The summed E-state index contributed by atoms with van der Waals surface area (Å²) in [7, 11) is 0. The molecular weight excluding hydrogens is 530 g/mol. The van der Waals surface area contributed by atoms with Crippen molar-refractivity contribution in [3.63, 3.8) is 0 Å². The van der Waals surface area contributed by atoms with Gasteiger partial charge in [-0.3, -0.25) is 24.0 Å². The van der Waals surface area contributed by atoms with E-state index in [4.69, 9.17) is 4.74 Å². The van der Waals surface area contributed by atoms with Crippen molar-refractivity contribution >= 4 is 29.5 Å². The molecule has 0 saturated carbocycles. The van der Waals surface area contributed by atoms with E-state index in [2.05, 4.69) is 21.3 Å². The number of fused-ring (bicyclic) bond motifs is 2. The SMILES string of the molecule is CC(=O)N1CCCCNC(=O)[C@H]([C@@H](C)O)NC(=O)[C@@H](CC(C)C)NC(=O)Cc2cccc(c2)OCC(=O)NCCC1. The van der Waals surface area contributed by atoms with Crippen LogP contribution in [0.4, 0.5) is 0 Å². The lowest BCUT2D eigenvalue weighted by Gasteiger charge is -2.26. The topological polar surface area (TPSA) is 166 Å². The number of benzene rings is 1. The molecule has 41 heavy (non-hydrogen) atoms. The highest BCUT2D eigenvalue weighted by atomic mass is 16.5. The van der Waals surface area contributed by atoms with Gasteiger partial charge in [0.1, 0.15) is 17.8 Å². The highest BCUT2D eigenvalue weighted by molar-refractivity contribution is 5.92. The molecule has 0 unspecified atom stereocenters. The monoisotopic (exact) mass is 575 g/mol. The van der Waals surface area contributed by atoms with Crippen molar-refractivity contribution < 1.29 is 33.8 Å². The molecule has 0 aromatic heterocycles. The summed E-state index contributed by atoms with van der Waals surface area (Å²) >= 11 is 0. The van der Waals surface area contributed by atoms with E-state index in [1.165, 1.54) is 13.8 Å². The standard InChI is InChI=1S/C29H45N5O7/c1-19(2)15-24-28(39)33-27(20(3)35)29(40)31-11-5-6-13-34(21(4)36)14-8-12-30-26(38)18-41-23-10-7-9-22(16-23)17-25(37)32-24/h7,9-10,16,19-20,24,27,35H,5-6,8,11-15,17-18H2,1-4H3,(H,30,38)(H,31,40)(H,32,37)(H,33,39)/t20-,24-,27+/m1/s1. The molecular formula is C29H45N5O7. The van der Waals surface area contributed by atoms with Crippen LogP contribution in [0.2, 0.25) is 0 Å². The predicted octanol–water partition coefficient (Wildman–Crippen LogP) is 0.269. The van der Waals surface area contributed by atoms with Crippen molar-refractivity contribution in [3.05, 3.63) is 29.8 Å². The fourth-order valence-electron chi connectivity index (χ4n) is 4.41. The van der Waals surface area contributed by atoms with Gasteiger partial charge < -0.3 is 36.0 Å². The third kappa shape index (κ3) is 12.6. The van der Waals surface area contributed by atoms with Gasteiger partial charge in [-0.05, 0) is 56.2 Å². The molecule has 12 nitrogen and oxygen atoms in total. The van der Waals surface area contributed by atoms with Crippen molar-refractivity contribution in [1.82, 2.24) is 26.2 Å². The van der Waals surface area contributed by atoms with Crippen LogP contribution in [0.25, 0.3) is 0 Å². The molecule has 12 heteroatoms. The van der Waals surface area contributed by atoms with E-state index in [1.54, 1.807) is 29.2 Å². The van der Waals surface area contributed by atoms with Crippen molar-refractivity contribution in [1.29, 1.82) is 0 Å². The minimum absolute atomic E-state index is 0.0295. The molecule has 3 atom stereocenters. The van der Waals surface area contributed by atoms with Crippen molar-refractivity contribution in [2.75, 3.05) is 32.8 Å². The van der Waals surface area contributed by atoms with E-state index >= 15 is 0 Å². The third-order valence-corrected chi connectivity index (χ3v) is 6.58. The smallest absolute Gasteiger partial charge is 0.257 e. The fraction of sp³-hybridized carbons (Fsp3) is 0.621. The summed E-state index contributed by atoms with van der Waals surface area (Å²) in [6.07, 6.45) is 0.919. The van der Waals surface area contributed by atoms with Gasteiger partial charge in [0.15, 0.2) is 6.61 Å². The lowest BCUT2D eigenvalue weighted by Crippen LogP contribution is -2.57. The van der Waals surface area contributed by atoms with Crippen LogP contribution in [-0.2, 0) is 30.4 Å². The molecule has 0 radical (unpaired) electrons. The summed E-state index contributed by atoms with van der Waals surface area (Å²) in [6.45, 7) is 8.17. The van der Waals surface area contributed by atoms with E-state index in [9.17, 15) is 29.1 Å². The number of amides is 5. The first kappa shape index (κ1) is 33.5. The Balaban J connectivity index is 2.20. The van der Waals surface area contributed by atoms with Gasteiger partial charge in [-0.1, -0.05) is 26.0 Å². The Hall–Kier alpha value is -3.67. The number of aliphatic hydroxyl groups is 1. The lowest BCUT2D eigenvalue weighted by atomic mass is 10.0. The molecule has 1 aliphatic rings. The number of ether oxygens (including phenoxy) is 1. The van der Waals surface area contributed by atoms with E-state index < -0.39 is 35.9 Å². The largest absolute Gasteiger partial charge is 0.484 e. The maximum atomic E-state index is 13.2. The van der Waals surface area contributed by atoms with Crippen LogP contribution in [0, 0.1) is 5.92 Å². The Morgan fingerprint density at radius 2 is 1.68 bits per heavy atom. The molecule has 5 amide bonds. The molecule has 1 aliphatic heterocycles. The first-order chi connectivity index (χ1) is 19.5. The van der Waals surface area contributed by atoms with Gasteiger partial charge in [0.25, 0.3) is 5.91 Å². The molecule has 1 aromatic rings. The molecule has 1 aromatic carbocycles. The van der Waals surface area contributed by atoms with Gasteiger partial charge >= 0.3 is 0 Å². The van der Waals surface area contributed by atoms with Crippen LogP contribution in [0.1, 0.15) is 58.9 Å². The van der Waals surface area contributed by atoms with Crippen molar-refractivity contribution in [3.8, 4) is 5.75 Å². The lowest BCUT2D eigenvalue weighted by molar-refractivity contribution is -0.134. The first-order valence-corrected chi connectivity index (χ1v) is 14.3. The zero-order valence-electron chi connectivity index (χ0n) is 24.5. The highest BCUT2D eigenvalue weighted by Gasteiger charge is 2.30. The molecule has 1 heterocycles. The maximum Gasteiger partial charge on any atom is 0.257 e. The normalized spacial score (nSPS) is 21.9. The Kier molecular flexibility index (Phi) is 14.1. The molecule has 2 rings (SSSR count). The summed E-state index contributed by atoms with van der Waals surface area (Å²) in [5, 5.41) is 21.1. The van der Waals surface area contributed by atoms with Gasteiger partial charge in [0, 0.05) is 33.1 Å². The Bertz CT molecular complexity index is 1050. The van der Waals surface area contributed by atoms with Crippen LogP contribution in [0.15, 0.2) is 24.3 Å². The third-order valence-electron chi connectivity index (χ3n) is 6.58. The number of rotatable bonds is 3. The van der Waals surface area contributed by atoms with Crippen LogP contribution in [-0.4, -0.2) is 90.5 Å². The van der Waals surface area contributed by atoms with Gasteiger partial charge in [-0.25, -0.2) is 0 Å². The fourth-order valence-corrected chi connectivity index (χ4v) is 4.41. The second-order valence-corrected chi connectivity index (χ2v) is 10.8. The number of carbonyl (C=O) groups is 5. The van der Waals surface area contributed by atoms with Crippen LogP contribution in [0.5, 0.6) is 5.75 Å². The molecule has 0 spiro atoms. The average molecular weight is 576 g/mol. The first-order valence-electron chi connectivity index (χ1n) is 14.3. The van der Waals surface area contributed by atoms with E-state index in [0.29, 0.717) is 63.2 Å². The molecule has 0 fully saturated rings. The maximum absolute atomic E-state index is 13.2. The molecule has 0 aliphatic carbocycles. The second-order valence-electron chi connectivity index (χ2n) is 10.8. The van der Waals surface area contributed by atoms with E-state index in [0.717, 1.165) is 0 Å². The zero-order valence-corrected chi connectivity index (χ0v) is 24.5. The Morgan fingerprint density at radius 1 is 0.976 bits per heavy atom. The van der Waals surface area contributed by atoms with Crippen molar-refractivity contribution in [2.45, 2.75) is 78.0 Å². The minimum Gasteiger partial charge on any atom is -0.484 e. The molecule has 228 valence electrons. The predicted molar refractivity (Wildman–Crippen MR) is 153 cm³/mol. The summed E-state index contributed by atoms with van der Waals surface area (Å²) in [4.78, 5) is 64.8. The summed E-state index contributed by atoms with van der Waals surface area (Å²) in [6, 6.07) is 4.67. The van der Waals surface area contributed by atoms with Crippen LogP contribution in [0.3, 0.4) is 0 Å².